The summed E-state index contributed by atoms with van der Waals surface area (Å²) in [4.78, 5) is 27.2. The molecule has 1 N–H and O–H groups in total. The fourth-order valence-electron chi connectivity index (χ4n) is 3.89. The van der Waals surface area contributed by atoms with Crippen molar-refractivity contribution in [2.24, 2.45) is 0 Å². The average Bonchev–Trinajstić information content (AvgIpc) is 2.77. The van der Waals surface area contributed by atoms with Crippen LogP contribution in [0.1, 0.15) is 49.8 Å². The van der Waals surface area contributed by atoms with Crippen LogP contribution in [0.5, 0.6) is 0 Å². The second kappa shape index (κ2) is 12.7. The summed E-state index contributed by atoms with van der Waals surface area (Å²) >= 11 is 0. The summed E-state index contributed by atoms with van der Waals surface area (Å²) in [6, 6.07) is 10.9. The highest BCUT2D eigenvalue weighted by molar-refractivity contribution is 7.92. The van der Waals surface area contributed by atoms with Crippen LogP contribution in [0, 0.1) is 19.7 Å². The topological polar surface area (TPSA) is 86.8 Å². The number of nitrogens with one attached hydrogen (secondary N) is 1. The minimum absolute atomic E-state index is 0.0106. The Morgan fingerprint density at radius 2 is 1.71 bits per heavy atom. The van der Waals surface area contributed by atoms with Crippen LogP contribution in [0.4, 0.5) is 10.1 Å². The molecule has 0 heterocycles. The third-order valence-electron chi connectivity index (χ3n) is 5.66. The lowest BCUT2D eigenvalue weighted by Crippen LogP contribution is -2.48. The van der Waals surface area contributed by atoms with Crippen molar-refractivity contribution in [2.75, 3.05) is 23.7 Å². The van der Waals surface area contributed by atoms with Crippen molar-refractivity contribution in [3.05, 3.63) is 65.0 Å². The van der Waals surface area contributed by atoms with Gasteiger partial charge in [-0.3, -0.25) is 13.9 Å². The van der Waals surface area contributed by atoms with Crippen LogP contribution in [-0.4, -0.2) is 50.5 Å². The minimum Gasteiger partial charge on any atom is -0.354 e. The molecule has 2 aromatic rings. The zero-order chi connectivity index (χ0) is 26.2. The Morgan fingerprint density at radius 1 is 1.09 bits per heavy atom. The molecule has 192 valence electrons. The van der Waals surface area contributed by atoms with Gasteiger partial charge in [0.2, 0.25) is 21.8 Å². The molecule has 2 amide bonds. The van der Waals surface area contributed by atoms with Gasteiger partial charge >= 0.3 is 0 Å². The van der Waals surface area contributed by atoms with E-state index < -0.39 is 21.9 Å². The Hall–Kier alpha value is -2.94. The molecular formula is C26H36FN3O4S. The van der Waals surface area contributed by atoms with Gasteiger partial charge in [0.1, 0.15) is 11.9 Å². The number of carbonyl (C=O) groups is 2. The van der Waals surface area contributed by atoms with Crippen molar-refractivity contribution >= 4 is 27.5 Å². The average molecular weight is 506 g/mol. The summed E-state index contributed by atoms with van der Waals surface area (Å²) < 4.78 is 40.6. The third kappa shape index (κ3) is 8.35. The third-order valence-corrected chi connectivity index (χ3v) is 6.86. The first-order chi connectivity index (χ1) is 16.4. The maximum Gasteiger partial charge on any atom is 0.242 e. The minimum atomic E-state index is -3.57. The molecule has 0 fully saturated rings. The molecule has 2 aromatic carbocycles. The van der Waals surface area contributed by atoms with E-state index in [0.717, 1.165) is 23.8 Å². The fraction of sp³-hybridized carbons (Fsp3) is 0.462. The first-order valence-electron chi connectivity index (χ1n) is 11.8. The molecule has 1 atom stereocenters. The molecule has 0 saturated heterocycles. The van der Waals surface area contributed by atoms with Gasteiger partial charge in [-0.05, 0) is 62.9 Å². The van der Waals surface area contributed by atoms with E-state index in [1.54, 1.807) is 37.3 Å². The molecule has 2 rings (SSSR count). The summed E-state index contributed by atoms with van der Waals surface area (Å²) in [7, 11) is -3.57. The number of benzene rings is 2. The van der Waals surface area contributed by atoms with Crippen molar-refractivity contribution in [1.82, 2.24) is 10.2 Å². The maximum absolute atomic E-state index is 14.3. The molecule has 0 aliphatic carbocycles. The number of nitrogens with zero attached hydrogens (tertiary/aromatic N) is 2. The van der Waals surface area contributed by atoms with E-state index in [1.807, 2.05) is 26.8 Å². The summed E-state index contributed by atoms with van der Waals surface area (Å²) in [5.41, 5.74) is 2.73. The van der Waals surface area contributed by atoms with Crippen LogP contribution < -0.4 is 9.62 Å². The van der Waals surface area contributed by atoms with E-state index in [-0.39, 0.29) is 37.7 Å². The Bertz CT molecular complexity index is 1120. The van der Waals surface area contributed by atoms with Crippen LogP contribution in [0.15, 0.2) is 42.5 Å². The lowest BCUT2D eigenvalue weighted by molar-refractivity contribution is -0.140. The number of rotatable bonds is 12. The lowest BCUT2D eigenvalue weighted by Gasteiger charge is -2.29. The lowest BCUT2D eigenvalue weighted by atomic mass is 10.1. The van der Waals surface area contributed by atoms with Crippen molar-refractivity contribution in [3.8, 4) is 0 Å². The Morgan fingerprint density at radius 3 is 2.29 bits per heavy atom. The van der Waals surface area contributed by atoms with Crippen molar-refractivity contribution in [3.63, 3.8) is 0 Å². The second-order valence-corrected chi connectivity index (χ2v) is 10.8. The van der Waals surface area contributed by atoms with Crippen molar-refractivity contribution < 1.29 is 22.4 Å². The van der Waals surface area contributed by atoms with Gasteiger partial charge in [0.15, 0.2) is 0 Å². The molecule has 7 nitrogen and oxygen atoms in total. The molecule has 0 bridgehead atoms. The second-order valence-electron chi connectivity index (χ2n) is 8.86. The summed E-state index contributed by atoms with van der Waals surface area (Å²) in [6.07, 6.45) is 2.14. The van der Waals surface area contributed by atoms with E-state index >= 15 is 0 Å². The van der Waals surface area contributed by atoms with Crippen LogP contribution in [0.2, 0.25) is 0 Å². The Balaban J connectivity index is 2.19. The number of anilines is 1. The van der Waals surface area contributed by atoms with Gasteiger partial charge in [-0.2, -0.15) is 0 Å². The highest BCUT2D eigenvalue weighted by Crippen LogP contribution is 2.22. The van der Waals surface area contributed by atoms with Gasteiger partial charge in [-0.25, -0.2) is 12.8 Å². The van der Waals surface area contributed by atoms with Gasteiger partial charge < -0.3 is 10.2 Å². The van der Waals surface area contributed by atoms with Gasteiger partial charge in [0.25, 0.3) is 0 Å². The summed E-state index contributed by atoms with van der Waals surface area (Å²) in [5.74, 6) is -1.12. The number of aryl methyl sites for hydroxylation is 2. The molecule has 0 aromatic heterocycles. The molecule has 35 heavy (non-hydrogen) atoms. The first kappa shape index (κ1) is 28.3. The van der Waals surface area contributed by atoms with Crippen LogP contribution in [-0.2, 0) is 26.2 Å². The largest absolute Gasteiger partial charge is 0.354 e. The SMILES string of the molecule is CCCNC(=O)C(C)N(Cc1ccccc1F)C(=O)CCCN(c1cc(C)cc(C)c1)S(C)(=O)=O. The predicted molar refractivity (Wildman–Crippen MR) is 137 cm³/mol. The van der Waals surface area contributed by atoms with Crippen LogP contribution >= 0.6 is 0 Å². The number of halogens is 1. The van der Waals surface area contributed by atoms with E-state index in [2.05, 4.69) is 5.32 Å². The summed E-state index contributed by atoms with van der Waals surface area (Å²) in [5, 5.41) is 2.78. The van der Waals surface area contributed by atoms with Gasteiger partial charge in [-0.1, -0.05) is 31.2 Å². The van der Waals surface area contributed by atoms with E-state index in [0.29, 0.717) is 17.8 Å². The van der Waals surface area contributed by atoms with Gasteiger partial charge in [0.05, 0.1) is 11.9 Å². The smallest absolute Gasteiger partial charge is 0.242 e. The normalized spacial score (nSPS) is 12.2. The number of hydrogen-bond donors (Lipinski definition) is 1. The fourth-order valence-corrected chi connectivity index (χ4v) is 4.84. The molecule has 0 aliphatic rings. The zero-order valence-corrected chi connectivity index (χ0v) is 22.0. The molecule has 0 aliphatic heterocycles. The highest BCUT2D eigenvalue weighted by atomic mass is 32.2. The van der Waals surface area contributed by atoms with E-state index in [1.165, 1.54) is 15.3 Å². The predicted octanol–water partition coefficient (Wildman–Crippen LogP) is 3.93. The van der Waals surface area contributed by atoms with Crippen molar-refractivity contribution in [2.45, 2.75) is 59.5 Å². The molecule has 0 radical (unpaired) electrons. The van der Waals surface area contributed by atoms with E-state index in [4.69, 9.17) is 0 Å². The highest BCUT2D eigenvalue weighted by Gasteiger charge is 2.27. The molecular weight excluding hydrogens is 469 g/mol. The Labute approximate surface area is 208 Å². The van der Waals surface area contributed by atoms with Gasteiger partial charge in [-0.15, -0.1) is 0 Å². The first-order valence-corrected chi connectivity index (χ1v) is 13.7. The van der Waals surface area contributed by atoms with Crippen LogP contribution in [0.25, 0.3) is 0 Å². The number of hydrogen-bond acceptors (Lipinski definition) is 4. The quantitative estimate of drug-likeness (QED) is 0.474. The number of sulfonamides is 1. The molecule has 0 spiro atoms. The molecule has 9 heteroatoms. The number of amides is 2. The number of carbonyl (C=O) groups excluding carboxylic acids is 2. The molecule has 1 unspecified atom stereocenters. The Kier molecular flexibility index (Phi) is 10.2. The maximum atomic E-state index is 14.3. The van der Waals surface area contributed by atoms with Crippen LogP contribution in [0.3, 0.4) is 0 Å². The van der Waals surface area contributed by atoms with E-state index in [9.17, 15) is 22.4 Å². The summed E-state index contributed by atoms with van der Waals surface area (Å²) in [6.45, 7) is 7.86. The van der Waals surface area contributed by atoms with Crippen molar-refractivity contribution in [1.29, 1.82) is 0 Å². The van der Waals surface area contributed by atoms with Gasteiger partial charge in [0, 0.05) is 31.6 Å². The monoisotopic (exact) mass is 505 g/mol. The standard InChI is InChI=1S/C26H36FN3O4S/c1-6-13-28-26(32)21(4)29(18-22-10-7-8-11-24(22)27)25(31)12-9-14-30(35(5,33)34)23-16-19(2)15-20(3)17-23/h7-8,10-11,15-17,21H,6,9,12-14,18H2,1-5H3,(H,28,32). The molecule has 0 saturated carbocycles. The zero-order valence-electron chi connectivity index (χ0n) is 21.2.